The van der Waals surface area contributed by atoms with E-state index in [1.807, 2.05) is 0 Å². The summed E-state index contributed by atoms with van der Waals surface area (Å²) in [5.41, 5.74) is 1.43. The number of aryl methyl sites for hydroxylation is 1. The minimum atomic E-state index is -3.55. The molecule has 0 bridgehead atoms. The van der Waals surface area contributed by atoms with Crippen LogP contribution >= 0.6 is 0 Å². The summed E-state index contributed by atoms with van der Waals surface area (Å²) in [4.78, 5) is 12.4. The number of carbonyl (C=O) groups excluding carboxylic acids is 1. The van der Waals surface area contributed by atoms with E-state index in [4.69, 9.17) is 0 Å². The molecule has 0 radical (unpaired) electrons. The largest absolute Gasteiger partial charge is 0.322 e. The first-order valence-electron chi connectivity index (χ1n) is 7.97. The molecule has 1 amide bonds. The van der Waals surface area contributed by atoms with Crippen molar-refractivity contribution in [3.05, 3.63) is 59.4 Å². The van der Waals surface area contributed by atoms with Gasteiger partial charge in [-0.2, -0.15) is 4.31 Å². The van der Waals surface area contributed by atoms with Crippen LogP contribution < -0.4 is 5.32 Å². The van der Waals surface area contributed by atoms with Gasteiger partial charge in [-0.25, -0.2) is 12.8 Å². The number of nitrogens with one attached hydrogen (secondary N) is 1. The Morgan fingerprint density at radius 3 is 2.20 bits per heavy atom. The minimum Gasteiger partial charge on any atom is -0.322 e. The van der Waals surface area contributed by atoms with Gasteiger partial charge in [0.2, 0.25) is 10.0 Å². The van der Waals surface area contributed by atoms with Crippen molar-refractivity contribution >= 4 is 21.6 Å². The summed E-state index contributed by atoms with van der Waals surface area (Å²) in [5, 5.41) is 2.69. The van der Waals surface area contributed by atoms with Crippen molar-refractivity contribution in [2.75, 3.05) is 18.4 Å². The highest BCUT2D eigenvalue weighted by Crippen LogP contribution is 2.19. The van der Waals surface area contributed by atoms with E-state index in [-0.39, 0.29) is 16.6 Å². The molecule has 25 heavy (non-hydrogen) atoms. The molecule has 1 N–H and O–H groups in total. The van der Waals surface area contributed by atoms with E-state index in [1.54, 1.807) is 20.8 Å². The number of sulfonamides is 1. The number of benzene rings is 2. The summed E-state index contributed by atoms with van der Waals surface area (Å²) in [7, 11) is -3.55. The lowest BCUT2D eigenvalue weighted by Gasteiger charge is -2.18. The van der Waals surface area contributed by atoms with Crippen LogP contribution in [0.5, 0.6) is 0 Å². The van der Waals surface area contributed by atoms with Crippen molar-refractivity contribution in [1.82, 2.24) is 4.31 Å². The Hall–Kier alpha value is -2.25. The second-order valence-electron chi connectivity index (χ2n) is 5.53. The van der Waals surface area contributed by atoms with Crippen LogP contribution in [0.15, 0.2) is 47.4 Å². The van der Waals surface area contributed by atoms with Gasteiger partial charge in [-0.15, -0.1) is 0 Å². The molecule has 0 aliphatic rings. The number of hydrogen-bond acceptors (Lipinski definition) is 3. The molecular weight excluding hydrogens is 343 g/mol. The normalized spacial score (nSPS) is 11.6. The van der Waals surface area contributed by atoms with Gasteiger partial charge in [0.25, 0.3) is 5.91 Å². The summed E-state index contributed by atoms with van der Waals surface area (Å²) in [6.45, 7) is 6.00. The zero-order valence-corrected chi connectivity index (χ0v) is 15.2. The van der Waals surface area contributed by atoms with Gasteiger partial charge in [-0.05, 0) is 55.0 Å². The first kappa shape index (κ1) is 19.1. The predicted octanol–water partition coefficient (Wildman–Crippen LogP) is 3.42. The van der Waals surface area contributed by atoms with E-state index in [0.29, 0.717) is 29.9 Å². The molecule has 0 aliphatic heterocycles. The van der Waals surface area contributed by atoms with Crippen molar-refractivity contribution in [1.29, 1.82) is 0 Å². The number of rotatable bonds is 6. The quantitative estimate of drug-likeness (QED) is 0.854. The topological polar surface area (TPSA) is 66.5 Å². The summed E-state index contributed by atoms with van der Waals surface area (Å²) >= 11 is 0. The predicted molar refractivity (Wildman–Crippen MR) is 95.6 cm³/mol. The molecule has 0 aromatic heterocycles. The Morgan fingerprint density at radius 2 is 1.68 bits per heavy atom. The standard InChI is InChI=1S/C18H21FN2O3S/c1-4-21(5-2)25(23,24)16-9-6-14(7-10-16)18(22)20-17-11-8-15(19)12-13(17)3/h6-12H,4-5H2,1-3H3,(H,20,22). The number of hydrogen-bond donors (Lipinski definition) is 1. The lowest BCUT2D eigenvalue weighted by atomic mass is 10.1. The lowest BCUT2D eigenvalue weighted by Crippen LogP contribution is -2.30. The average Bonchev–Trinajstić information content (AvgIpc) is 2.58. The Bertz CT molecular complexity index is 860. The first-order valence-corrected chi connectivity index (χ1v) is 9.41. The average molecular weight is 364 g/mol. The molecule has 5 nitrogen and oxygen atoms in total. The minimum absolute atomic E-state index is 0.144. The van der Waals surface area contributed by atoms with Crippen LogP contribution in [0.3, 0.4) is 0 Å². The molecule has 2 aromatic rings. The van der Waals surface area contributed by atoms with Gasteiger partial charge in [0.15, 0.2) is 0 Å². The molecule has 0 spiro atoms. The molecule has 0 unspecified atom stereocenters. The highest BCUT2D eigenvalue weighted by Gasteiger charge is 2.21. The van der Waals surface area contributed by atoms with Crippen LogP contribution in [0.25, 0.3) is 0 Å². The number of carbonyl (C=O) groups is 1. The van der Waals surface area contributed by atoms with Crippen molar-refractivity contribution in [2.45, 2.75) is 25.7 Å². The third-order valence-corrected chi connectivity index (χ3v) is 5.96. The van der Waals surface area contributed by atoms with Gasteiger partial charge in [0, 0.05) is 24.3 Å². The Kier molecular flexibility index (Phi) is 5.92. The maximum atomic E-state index is 13.1. The van der Waals surface area contributed by atoms with E-state index in [0.717, 1.165) is 0 Å². The fourth-order valence-corrected chi connectivity index (χ4v) is 3.91. The zero-order chi connectivity index (χ0) is 18.6. The fourth-order valence-electron chi connectivity index (χ4n) is 2.45. The van der Waals surface area contributed by atoms with E-state index in [1.165, 1.54) is 46.8 Å². The Morgan fingerprint density at radius 1 is 1.08 bits per heavy atom. The van der Waals surface area contributed by atoms with Crippen LogP contribution in [0.1, 0.15) is 29.8 Å². The first-order chi connectivity index (χ1) is 11.8. The molecule has 2 rings (SSSR count). The van der Waals surface area contributed by atoms with Gasteiger partial charge in [0.05, 0.1) is 4.90 Å². The highest BCUT2D eigenvalue weighted by atomic mass is 32.2. The summed E-state index contributed by atoms with van der Waals surface area (Å²) in [5.74, 6) is -0.761. The maximum absolute atomic E-state index is 13.1. The zero-order valence-electron chi connectivity index (χ0n) is 14.4. The molecule has 0 saturated heterocycles. The summed E-state index contributed by atoms with van der Waals surface area (Å²) in [6, 6.07) is 9.84. The molecule has 0 saturated carbocycles. The van der Waals surface area contributed by atoms with Crippen molar-refractivity contribution in [3.63, 3.8) is 0 Å². The number of nitrogens with zero attached hydrogens (tertiary/aromatic N) is 1. The molecule has 7 heteroatoms. The second kappa shape index (κ2) is 7.76. The number of anilines is 1. The van der Waals surface area contributed by atoms with Gasteiger partial charge in [0.1, 0.15) is 5.82 Å². The second-order valence-corrected chi connectivity index (χ2v) is 7.47. The molecule has 0 aliphatic carbocycles. The van der Waals surface area contributed by atoms with Crippen LogP contribution in [-0.2, 0) is 10.0 Å². The molecule has 0 fully saturated rings. The highest BCUT2D eigenvalue weighted by molar-refractivity contribution is 7.89. The SMILES string of the molecule is CCN(CC)S(=O)(=O)c1ccc(C(=O)Nc2ccc(F)cc2C)cc1. The van der Waals surface area contributed by atoms with Gasteiger partial charge in [-0.3, -0.25) is 4.79 Å². The molecule has 0 atom stereocenters. The van der Waals surface area contributed by atoms with Gasteiger partial charge < -0.3 is 5.32 Å². The van der Waals surface area contributed by atoms with Gasteiger partial charge in [-0.1, -0.05) is 13.8 Å². The molecule has 2 aromatic carbocycles. The molecular formula is C18H21FN2O3S. The fraction of sp³-hybridized carbons (Fsp3) is 0.278. The van der Waals surface area contributed by atoms with Crippen molar-refractivity contribution in [2.24, 2.45) is 0 Å². The maximum Gasteiger partial charge on any atom is 0.255 e. The summed E-state index contributed by atoms with van der Waals surface area (Å²) in [6.07, 6.45) is 0. The van der Waals surface area contributed by atoms with Crippen LogP contribution in [0.4, 0.5) is 10.1 Å². The molecule has 134 valence electrons. The van der Waals surface area contributed by atoms with E-state index >= 15 is 0 Å². The third-order valence-electron chi connectivity index (χ3n) is 3.90. The molecule has 0 heterocycles. The van der Waals surface area contributed by atoms with Crippen molar-refractivity contribution < 1.29 is 17.6 Å². The smallest absolute Gasteiger partial charge is 0.255 e. The van der Waals surface area contributed by atoms with Crippen molar-refractivity contribution in [3.8, 4) is 0 Å². The van der Waals surface area contributed by atoms with E-state index in [9.17, 15) is 17.6 Å². The van der Waals surface area contributed by atoms with E-state index < -0.39 is 10.0 Å². The van der Waals surface area contributed by atoms with Crippen LogP contribution in [0, 0.1) is 12.7 Å². The van der Waals surface area contributed by atoms with E-state index in [2.05, 4.69) is 5.32 Å². The lowest BCUT2D eigenvalue weighted by molar-refractivity contribution is 0.102. The third kappa shape index (κ3) is 4.24. The van der Waals surface area contributed by atoms with Crippen LogP contribution in [0.2, 0.25) is 0 Å². The Labute approximate surface area is 147 Å². The van der Waals surface area contributed by atoms with Crippen LogP contribution in [-0.4, -0.2) is 31.7 Å². The monoisotopic (exact) mass is 364 g/mol. The summed E-state index contributed by atoms with van der Waals surface area (Å²) < 4.78 is 39.3. The Balaban J connectivity index is 2.20. The van der Waals surface area contributed by atoms with Gasteiger partial charge >= 0.3 is 0 Å². The number of amides is 1. The number of halogens is 1.